The van der Waals surface area contributed by atoms with Crippen LogP contribution in [0.15, 0.2) is 29.2 Å². The smallest absolute Gasteiger partial charge is 0.392 e. The van der Waals surface area contributed by atoms with E-state index in [1.54, 1.807) is 0 Å². The van der Waals surface area contributed by atoms with E-state index >= 15 is 0 Å². The van der Waals surface area contributed by atoms with Gasteiger partial charge in [0.1, 0.15) is 0 Å². The standard InChI is InChI=1S/C13H15F3O3S/c14-13(15,16)9-5-1-3-7-11(9)20(18,19)12-8-4-2-6-10(12)17/h1,3,5,7,10,12,17H,2,4,6,8H2. The van der Waals surface area contributed by atoms with Crippen LogP contribution < -0.4 is 0 Å². The van der Waals surface area contributed by atoms with Gasteiger partial charge in [0.2, 0.25) is 0 Å². The third-order valence-corrected chi connectivity index (χ3v) is 5.88. The van der Waals surface area contributed by atoms with Crippen molar-refractivity contribution >= 4 is 9.84 Å². The number of rotatable bonds is 2. The highest BCUT2D eigenvalue weighted by atomic mass is 32.2. The van der Waals surface area contributed by atoms with Gasteiger partial charge in [-0.25, -0.2) is 8.42 Å². The molecular weight excluding hydrogens is 293 g/mol. The van der Waals surface area contributed by atoms with Gasteiger partial charge in [-0.15, -0.1) is 0 Å². The number of sulfone groups is 1. The van der Waals surface area contributed by atoms with Crippen LogP contribution in [-0.2, 0) is 16.0 Å². The summed E-state index contributed by atoms with van der Waals surface area (Å²) in [6.07, 6.45) is -4.06. The Kier molecular flexibility index (Phi) is 4.11. The van der Waals surface area contributed by atoms with Crippen LogP contribution in [0.2, 0.25) is 0 Å². The van der Waals surface area contributed by atoms with E-state index in [1.807, 2.05) is 0 Å². The highest BCUT2D eigenvalue weighted by Gasteiger charge is 2.42. The summed E-state index contributed by atoms with van der Waals surface area (Å²) in [4.78, 5) is -0.738. The monoisotopic (exact) mass is 308 g/mol. The summed E-state index contributed by atoms with van der Waals surface area (Å²) >= 11 is 0. The van der Waals surface area contributed by atoms with Gasteiger partial charge in [-0.3, -0.25) is 0 Å². The molecule has 0 aliphatic heterocycles. The fraction of sp³-hybridized carbons (Fsp3) is 0.538. The highest BCUT2D eigenvalue weighted by molar-refractivity contribution is 7.92. The van der Waals surface area contributed by atoms with Crippen molar-refractivity contribution < 1.29 is 26.7 Å². The Labute approximate surface area is 115 Å². The Bertz CT molecular complexity index is 581. The molecule has 0 amide bonds. The summed E-state index contributed by atoms with van der Waals surface area (Å²) in [6.45, 7) is 0. The van der Waals surface area contributed by atoms with Crippen LogP contribution in [0.3, 0.4) is 0 Å². The minimum atomic E-state index is -4.73. The van der Waals surface area contributed by atoms with Gasteiger partial charge in [-0.2, -0.15) is 13.2 Å². The number of aliphatic hydroxyl groups excluding tert-OH is 1. The molecule has 0 radical (unpaired) electrons. The van der Waals surface area contributed by atoms with Crippen molar-refractivity contribution in [1.82, 2.24) is 0 Å². The molecule has 1 aliphatic rings. The zero-order valence-corrected chi connectivity index (χ0v) is 11.4. The lowest BCUT2D eigenvalue weighted by Crippen LogP contribution is -2.37. The zero-order chi connectivity index (χ0) is 15.0. The van der Waals surface area contributed by atoms with Crippen LogP contribution in [0.5, 0.6) is 0 Å². The van der Waals surface area contributed by atoms with E-state index in [2.05, 4.69) is 0 Å². The Balaban J connectivity index is 2.50. The largest absolute Gasteiger partial charge is 0.417 e. The van der Waals surface area contributed by atoms with Crippen molar-refractivity contribution in [2.45, 2.75) is 48.1 Å². The predicted octanol–water partition coefficient (Wildman–Crippen LogP) is 2.78. The second-order valence-electron chi connectivity index (χ2n) is 4.93. The number of aliphatic hydroxyl groups is 1. The van der Waals surface area contributed by atoms with E-state index in [0.29, 0.717) is 19.3 Å². The molecule has 2 rings (SSSR count). The van der Waals surface area contributed by atoms with Crippen LogP contribution in [-0.4, -0.2) is 24.9 Å². The fourth-order valence-electron chi connectivity index (χ4n) is 2.55. The molecule has 0 saturated heterocycles. The molecular formula is C13H15F3O3S. The molecule has 0 heterocycles. The molecule has 1 aliphatic carbocycles. The number of alkyl halides is 3. The lowest BCUT2D eigenvalue weighted by atomic mass is 9.97. The van der Waals surface area contributed by atoms with Crippen LogP contribution in [0.1, 0.15) is 31.2 Å². The van der Waals surface area contributed by atoms with Gasteiger partial charge in [-0.05, 0) is 25.0 Å². The predicted molar refractivity (Wildman–Crippen MR) is 66.9 cm³/mol. The molecule has 1 saturated carbocycles. The Morgan fingerprint density at radius 2 is 1.70 bits per heavy atom. The maximum absolute atomic E-state index is 12.9. The van der Waals surface area contributed by atoms with Crippen LogP contribution >= 0.6 is 0 Å². The molecule has 3 nitrogen and oxygen atoms in total. The first-order valence-corrected chi connectivity index (χ1v) is 7.87. The molecule has 112 valence electrons. The summed E-state index contributed by atoms with van der Waals surface area (Å²) in [5.41, 5.74) is -1.17. The third kappa shape index (κ3) is 2.83. The molecule has 20 heavy (non-hydrogen) atoms. The maximum Gasteiger partial charge on any atom is 0.417 e. The molecule has 2 atom stereocenters. The summed E-state index contributed by atoms with van der Waals surface area (Å²) in [7, 11) is -4.20. The second kappa shape index (κ2) is 5.37. The van der Waals surface area contributed by atoms with Crippen LogP contribution in [0.25, 0.3) is 0 Å². The Morgan fingerprint density at radius 1 is 1.10 bits per heavy atom. The van der Waals surface area contributed by atoms with Crippen molar-refractivity contribution in [3.63, 3.8) is 0 Å². The first-order chi connectivity index (χ1) is 9.24. The topological polar surface area (TPSA) is 54.4 Å². The lowest BCUT2D eigenvalue weighted by Gasteiger charge is -2.28. The first-order valence-electron chi connectivity index (χ1n) is 6.33. The van der Waals surface area contributed by atoms with Gasteiger partial charge in [-0.1, -0.05) is 25.0 Å². The minimum absolute atomic E-state index is 0.190. The summed E-state index contributed by atoms with van der Waals surface area (Å²) in [6, 6.07) is 4.12. The zero-order valence-electron chi connectivity index (χ0n) is 10.6. The Morgan fingerprint density at radius 3 is 2.30 bits per heavy atom. The van der Waals surface area contributed by atoms with Gasteiger partial charge in [0, 0.05) is 0 Å². The lowest BCUT2D eigenvalue weighted by molar-refractivity contribution is -0.139. The van der Waals surface area contributed by atoms with Crippen LogP contribution in [0, 0.1) is 0 Å². The molecule has 2 unspecified atom stereocenters. The third-order valence-electron chi connectivity index (χ3n) is 3.57. The maximum atomic E-state index is 12.9. The van der Waals surface area contributed by atoms with E-state index in [1.165, 1.54) is 6.07 Å². The molecule has 1 aromatic rings. The summed E-state index contributed by atoms with van der Waals surface area (Å²) < 4.78 is 63.6. The molecule has 1 N–H and O–H groups in total. The second-order valence-corrected chi connectivity index (χ2v) is 7.06. The highest BCUT2D eigenvalue weighted by Crippen LogP contribution is 2.37. The van der Waals surface area contributed by atoms with Gasteiger partial charge in [0.15, 0.2) is 9.84 Å². The van der Waals surface area contributed by atoms with Gasteiger partial charge in [0.25, 0.3) is 0 Å². The van der Waals surface area contributed by atoms with Crippen molar-refractivity contribution in [1.29, 1.82) is 0 Å². The Hall–Kier alpha value is -1.08. The minimum Gasteiger partial charge on any atom is -0.392 e. The summed E-state index contributed by atoms with van der Waals surface area (Å²) in [5.74, 6) is 0. The SMILES string of the molecule is O=S(=O)(c1ccccc1C(F)(F)F)C1CCCCC1O. The number of hydrogen-bond donors (Lipinski definition) is 1. The van der Waals surface area contributed by atoms with E-state index in [9.17, 15) is 26.7 Å². The molecule has 7 heteroatoms. The van der Waals surface area contributed by atoms with Crippen molar-refractivity contribution in [2.75, 3.05) is 0 Å². The normalized spacial score (nSPS) is 24.6. The molecule has 0 bridgehead atoms. The van der Waals surface area contributed by atoms with Crippen molar-refractivity contribution in [3.8, 4) is 0 Å². The molecule has 1 fully saturated rings. The van der Waals surface area contributed by atoms with Gasteiger partial charge < -0.3 is 5.11 Å². The quantitative estimate of drug-likeness (QED) is 0.914. The van der Waals surface area contributed by atoms with Crippen molar-refractivity contribution in [2.24, 2.45) is 0 Å². The fourth-order valence-corrected chi connectivity index (χ4v) is 4.66. The number of benzene rings is 1. The number of halogens is 3. The average Bonchev–Trinajstić information content (AvgIpc) is 2.38. The van der Waals surface area contributed by atoms with Crippen molar-refractivity contribution in [3.05, 3.63) is 29.8 Å². The van der Waals surface area contributed by atoms with E-state index < -0.39 is 37.8 Å². The van der Waals surface area contributed by atoms with E-state index in [4.69, 9.17) is 0 Å². The van der Waals surface area contributed by atoms with Crippen LogP contribution in [0.4, 0.5) is 13.2 Å². The van der Waals surface area contributed by atoms with E-state index in [0.717, 1.165) is 18.2 Å². The van der Waals surface area contributed by atoms with Gasteiger partial charge in [0.05, 0.1) is 21.8 Å². The van der Waals surface area contributed by atoms with E-state index in [-0.39, 0.29) is 6.42 Å². The number of hydrogen-bond acceptors (Lipinski definition) is 3. The molecule has 0 aromatic heterocycles. The summed E-state index contributed by atoms with van der Waals surface area (Å²) in [5, 5.41) is 8.65. The van der Waals surface area contributed by atoms with Gasteiger partial charge >= 0.3 is 6.18 Å². The first kappa shape index (κ1) is 15.3. The molecule has 1 aromatic carbocycles. The average molecular weight is 308 g/mol. The molecule has 0 spiro atoms.